The van der Waals surface area contributed by atoms with E-state index in [4.69, 9.17) is 14.3 Å². The summed E-state index contributed by atoms with van der Waals surface area (Å²) < 4.78 is 10.9. The van der Waals surface area contributed by atoms with E-state index >= 15 is 0 Å². The minimum absolute atomic E-state index is 0.142. The molecule has 6 heteroatoms. The lowest BCUT2D eigenvalue weighted by atomic mass is 10.1. The van der Waals surface area contributed by atoms with Crippen molar-refractivity contribution in [1.82, 2.24) is 0 Å². The molecule has 0 unspecified atom stereocenters. The van der Waals surface area contributed by atoms with Gasteiger partial charge in [-0.25, -0.2) is 4.79 Å². The first-order chi connectivity index (χ1) is 9.58. The monoisotopic (exact) mass is 314 g/mol. The summed E-state index contributed by atoms with van der Waals surface area (Å²) in [5.41, 5.74) is 0.381. The van der Waals surface area contributed by atoms with Gasteiger partial charge in [0.1, 0.15) is 12.2 Å². The van der Waals surface area contributed by atoms with Crippen LogP contribution in [0.3, 0.4) is 0 Å². The van der Waals surface area contributed by atoms with Crippen LogP contribution >= 0.6 is 0 Å². The Bertz CT molecular complexity index is 434. The first-order valence-corrected chi connectivity index (χ1v) is 10.0. The van der Waals surface area contributed by atoms with Gasteiger partial charge in [0.15, 0.2) is 8.32 Å². The van der Waals surface area contributed by atoms with E-state index in [2.05, 4.69) is 33.9 Å². The maximum Gasteiger partial charge on any atom is 0.338 e. The second-order valence-corrected chi connectivity index (χ2v) is 11.5. The molecule has 0 aromatic carbocycles. The third-order valence-electron chi connectivity index (χ3n) is 4.03. The lowest BCUT2D eigenvalue weighted by Gasteiger charge is -2.35. The number of carbonyl (C=O) groups excluding carboxylic acids is 1. The number of ether oxygens (including phenoxy) is 1. The van der Waals surface area contributed by atoms with Crippen LogP contribution in [-0.4, -0.2) is 49.9 Å². The fraction of sp³-hybridized carbons (Fsp3) is 0.667. The summed E-state index contributed by atoms with van der Waals surface area (Å²) in [5, 5.41) is 18.4. The summed E-state index contributed by atoms with van der Waals surface area (Å²) in [6.45, 7) is 10.8. The highest BCUT2D eigenvalue weighted by atomic mass is 28.4. The Morgan fingerprint density at radius 2 is 2.10 bits per heavy atom. The Hall–Kier alpha value is -0.953. The molecule has 1 aliphatic rings. The van der Waals surface area contributed by atoms with Crippen molar-refractivity contribution < 1.29 is 24.2 Å². The first-order valence-electron chi connectivity index (χ1n) is 7.11. The van der Waals surface area contributed by atoms with Crippen LogP contribution in [0.15, 0.2) is 23.8 Å². The molecule has 0 aromatic rings. The molecule has 0 saturated carbocycles. The Kier molecular flexibility index (Phi) is 5.92. The van der Waals surface area contributed by atoms with Crippen LogP contribution in [-0.2, 0) is 14.0 Å². The van der Waals surface area contributed by atoms with E-state index in [1.165, 1.54) is 6.08 Å². The minimum Gasteiger partial charge on any atom is -0.452 e. The molecule has 2 atom stereocenters. The summed E-state index contributed by atoms with van der Waals surface area (Å²) in [5.74, 6) is -0.490. The van der Waals surface area contributed by atoms with E-state index in [1.54, 1.807) is 12.2 Å². The molecule has 21 heavy (non-hydrogen) atoms. The van der Waals surface area contributed by atoms with Crippen LogP contribution in [0.25, 0.3) is 0 Å². The number of hydrogen-bond donors (Lipinski definition) is 2. The molecule has 0 aliphatic carbocycles. The number of aliphatic hydroxyl groups excluding tert-OH is 2. The standard InChI is InChI=1S/C15H26O5Si/c1-15(2,3)21(4,5)19-8-6-7-11-9-13(12(17)10-16)20-14(11)18/h6-7,9,12-13,16-17H,8,10H2,1-5H3/b7-6+/t12-,13-/m0/s1. The van der Waals surface area contributed by atoms with Crippen molar-refractivity contribution in [3.8, 4) is 0 Å². The second-order valence-electron chi connectivity index (χ2n) is 6.72. The van der Waals surface area contributed by atoms with E-state index in [0.29, 0.717) is 12.2 Å². The molecule has 1 rings (SSSR count). The molecule has 2 N–H and O–H groups in total. The van der Waals surface area contributed by atoms with Crippen molar-refractivity contribution in [2.45, 2.75) is 51.1 Å². The maximum absolute atomic E-state index is 11.6. The second kappa shape index (κ2) is 6.87. The molecule has 0 spiro atoms. The van der Waals surface area contributed by atoms with Crippen molar-refractivity contribution in [2.24, 2.45) is 0 Å². The lowest BCUT2D eigenvalue weighted by Crippen LogP contribution is -2.40. The van der Waals surface area contributed by atoms with Crippen LogP contribution in [0.1, 0.15) is 20.8 Å². The number of esters is 1. The van der Waals surface area contributed by atoms with Gasteiger partial charge in [0, 0.05) is 0 Å². The topological polar surface area (TPSA) is 76.0 Å². The molecule has 0 amide bonds. The van der Waals surface area contributed by atoms with Gasteiger partial charge < -0.3 is 19.4 Å². The summed E-state index contributed by atoms with van der Waals surface area (Å²) in [7, 11) is -1.80. The first kappa shape index (κ1) is 18.1. The molecule has 5 nitrogen and oxygen atoms in total. The zero-order valence-corrected chi connectivity index (χ0v) is 14.4. The smallest absolute Gasteiger partial charge is 0.338 e. The Labute approximate surface area is 127 Å². The molecule has 0 saturated heterocycles. The van der Waals surface area contributed by atoms with Crippen molar-refractivity contribution in [1.29, 1.82) is 0 Å². The van der Waals surface area contributed by atoms with Gasteiger partial charge in [0.2, 0.25) is 0 Å². The Morgan fingerprint density at radius 3 is 2.62 bits per heavy atom. The number of carbonyl (C=O) groups is 1. The SMILES string of the molecule is CC(C)(C)[Si](C)(C)OC/C=C/C1=C[C@@H]([C@@H](O)CO)OC1=O. The van der Waals surface area contributed by atoms with Crippen LogP contribution in [0, 0.1) is 0 Å². The zero-order valence-electron chi connectivity index (χ0n) is 13.4. The summed E-state index contributed by atoms with van der Waals surface area (Å²) >= 11 is 0. The molecule has 0 radical (unpaired) electrons. The number of cyclic esters (lactones) is 1. The van der Waals surface area contributed by atoms with Crippen molar-refractivity contribution >= 4 is 14.3 Å². The fourth-order valence-corrected chi connectivity index (χ4v) is 2.48. The maximum atomic E-state index is 11.6. The highest BCUT2D eigenvalue weighted by molar-refractivity contribution is 6.74. The van der Waals surface area contributed by atoms with E-state index in [1.807, 2.05) is 0 Å². The predicted octanol–water partition coefficient (Wildman–Crippen LogP) is 1.77. The van der Waals surface area contributed by atoms with Gasteiger partial charge in [0.25, 0.3) is 0 Å². The molecule has 0 fully saturated rings. The normalized spacial score (nSPS) is 21.6. The lowest BCUT2D eigenvalue weighted by molar-refractivity contribution is -0.144. The minimum atomic E-state index is -1.80. The van der Waals surface area contributed by atoms with E-state index in [9.17, 15) is 9.90 Å². The largest absolute Gasteiger partial charge is 0.452 e. The van der Waals surface area contributed by atoms with E-state index in [0.717, 1.165) is 0 Å². The molecule has 0 aromatic heterocycles. The molecule has 120 valence electrons. The summed E-state index contributed by atoms with van der Waals surface area (Å²) in [4.78, 5) is 11.6. The van der Waals surface area contributed by atoms with Crippen molar-refractivity contribution in [2.75, 3.05) is 13.2 Å². The van der Waals surface area contributed by atoms with Crippen LogP contribution in [0.2, 0.25) is 18.1 Å². The Morgan fingerprint density at radius 1 is 1.48 bits per heavy atom. The molecular weight excluding hydrogens is 288 g/mol. The van der Waals surface area contributed by atoms with Crippen LogP contribution < -0.4 is 0 Å². The van der Waals surface area contributed by atoms with E-state index < -0.39 is 33.1 Å². The third-order valence-corrected chi connectivity index (χ3v) is 8.53. The number of rotatable bonds is 6. The van der Waals surface area contributed by atoms with Gasteiger partial charge in [-0.05, 0) is 30.3 Å². The average Bonchev–Trinajstić information content (AvgIpc) is 2.74. The van der Waals surface area contributed by atoms with E-state index in [-0.39, 0.29) is 5.04 Å². The Balaban J connectivity index is 2.56. The number of aliphatic hydroxyl groups is 2. The molecule has 0 bridgehead atoms. The molecule has 1 aliphatic heterocycles. The average molecular weight is 314 g/mol. The van der Waals surface area contributed by atoms with Crippen molar-refractivity contribution in [3.63, 3.8) is 0 Å². The van der Waals surface area contributed by atoms with Gasteiger partial charge in [-0.1, -0.05) is 26.8 Å². The van der Waals surface area contributed by atoms with Gasteiger partial charge in [-0.2, -0.15) is 0 Å². The molecule has 1 heterocycles. The van der Waals surface area contributed by atoms with Crippen molar-refractivity contribution in [3.05, 3.63) is 23.8 Å². The predicted molar refractivity (Wildman–Crippen MR) is 83.3 cm³/mol. The van der Waals surface area contributed by atoms with Gasteiger partial charge >= 0.3 is 5.97 Å². The summed E-state index contributed by atoms with van der Waals surface area (Å²) in [6.07, 6.45) is 3.08. The van der Waals surface area contributed by atoms with Gasteiger partial charge in [-0.15, -0.1) is 0 Å². The highest BCUT2D eigenvalue weighted by Gasteiger charge is 2.36. The zero-order chi connectivity index (χ0) is 16.3. The quantitative estimate of drug-likeness (QED) is 0.577. The van der Waals surface area contributed by atoms with Gasteiger partial charge in [-0.3, -0.25) is 0 Å². The molecular formula is C15H26O5Si. The van der Waals surface area contributed by atoms with Crippen LogP contribution in [0.5, 0.6) is 0 Å². The number of hydrogen-bond acceptors (Lipinski definition) is 5. The summed E-state index contributed by atoms with van der Waals surface area (Å²) in [6, 6.07) is 0. The highest BCUT2D eigenvalue weighted by Crippen LogP contribution is 2.36. The van der Waals surface area contributed by atoms with Gasteiger partial charge in [0.05, 0.1) is 18.8 Å². The van der Waals surface area contributed by atoms with Crippen LogP contribution in [0.4, 0.5) is 0 Å². The fourth-order valence-electron chi connectivity index (χ4n) is 1.54. The third kappa shape index (κ3) is 4.77.